The van der Waals surface area contributed by atoms with E-state index in [4.69, 9.17) is 18.9 Å². The monoisotopic (exact) mass is 486 g/mol. The minimum Gasteiger partial charge on any atom is -0.379 e. The third-order valence-electron chi connectivity index (χ3n) is 6.42. The fraction of sp³-hybridized carbons (Fsp3) is 0.966. The summed E-state index contributed by atoms with van der Waals surface area (Å²) in [6.45, 7) is 13.3. The average Bonchev–Trinajstić information content (AvgIpc) is 2.83. The zero-order valence-electron chi connectivity index (χ0n) is 23.3. The van der Waals surface area contributed by atoms with Crippen molar-refractivity contribution in [1.29, 1.82) is 0 Å². The number of unbranched alkanes of at least 4 members (excludes halogenated alkanes) is 4. The van der Waals surface area contributed by atoms with Gasteiger partial charge in [0.25, 0.3) is 0 Å². The van der Waals surface area contributed by atoms with E-state index in [1.807, 2.05) is 0 Å². The molecular formula is C29H58O5. The highest BCUT2D eigenvalue weighted by atomic mass is 16.6. The zero-order valence-corrected chi connectivity index (χ0v) is 23.3. The summed E-state index contributed by atoms with van der Waals surface area (Å²) < 4.78 is 22.4. The lowest BCUT2D eigenvalue weighted by atomic mass is 9.91. The van der Waals surface area contributed by atoms with Gasteiger partial charge in [0, 0.05) is 12.5 Å². The van der Waals surface area contributed by atoms with Gasteiger partial charge in [0.1, 0.15) is 6.61 Å². The summed E-state index contributed by atoms with van der Waals surface area (Å²) in [5.41, 5.74) is 0. The quantitative estimate of drug-likeness (QED) is 0.108. The second kappa shape index (κ2) is 27.1. The zero-order chi connectivity index (χ0) is 25.1. The van der Waals surface area contributed by atoms with Gasteiger partial charge >= 0.3 is 0 Å². The topological polar surface area (TPSA) is 54.0 Å². The van der Waals surface area contributed by atoms with Crippen molar-refractivity contribution in [3.63, 3.8) is 0 Å². The van der Waals surface area contributed by atoms with E-state index in [0.717, 1.165) is 51.0 Å². The fourth-order valence-electron chi connectivity index (χ4n) is 4.41. The first-order valence-electron chi connectivity index (χ1n) is 14.5. The Morgan fingerprint density at radius 2 is 1.03 bits per heavy atom. The average molecular weight is 487 g/mol. The highest BCUT2D eigenvalue weighted by molar-refractivity contribution is 5.82. The predicted octanol–water partition coefficient (Wildman–Crippen LogP) is 7.40. The molecule has 0 spiro atoms. The van der Waals surface area contributed by atoms with E-state index < -0.39 is 0 Å². The van der Waals surface area contributed by atoms with E-state index in [-0.39, 0.29) is 18.3 Å². The van der Waals surface area contributed by atoms with Gasteiger partial charge in [-0.05, 0) is 31.6 Å². The van der Waals surface area contributed by atoms with Gasteiger partial charge in [-0.1, -0.05) is 91.9 Å². The van der Waals surface area contributed by atoms with Crippen LogP contribution in [0, 0.1) is 11.8 Å². The van der Waals surface area contributed by atoms with Gasteiger partial charge in [0.15, 0.2) is 5.78 Å². The molecule has 204 valence electrons. The molecule has 0 aliphatic rings. The molecule has 34 heavy (non-hydrogen) atoms. The van der Waals surface area contributed by atoms with Crippen LogP contribution in [0.2, 0.25) is 0 Å². The lowest BCUT2D eigenvalue weighted by Gasteiger charge is -2.15. The Hall–Kier alpha value is -0.490. The van der Waals surface area contributed by atoms with Crippen LogP contribution in [-0.4, -0.2) is 58.6 Å². The van der Waals surface area contributed by atoms with Crippen LogP contribution in [0.3, 0.4) is 0 Å². The third-order valence-corrected chi connectivity index (χ3v) is 6.42. The van der Waals surface area contributed by atoms with Crippen LogP contribution in [0.15, 0.2) is 0 Å². The van der Waals surface area contributed by atoms with Crippen molar-refractivity contribution in [3.8, 4) is 0 Å². The molecule has 5 nitrogen and oxygen atoms in total. The van der Waals surface area contributed by atoms with Gasteiger partial charge in [-0.2, -0.15) is 0 Å². The highest BCUT2D eigenvalue weighted by Crippen LogP contribution is 2.19. The molecule has 0 aliphatic heterocycles. The molecule has 0 bridgehead atoms. The van der Waals surface area contributed by atoms with Crippen LogP contribution in [0.25, 0.3) is 0 Å². The van der Waals surface area contributed by atoms with Crippen molar-refractivity contribution in [1.82, 2.24) is 0 Å². The van der Waals surface area contributed by atoms with Crippen LogP contribution < -0.4 is 0 Å². The van der Waals surface area contributed by atoms with Crippen molar-refractivity contribution in [3.05, 3.63) is 0 Å². The van der Waals surface area contributed by atoms with E-state index in [0.29, 0.717) is 39.6 Å². The molecule has 1 unspecified atom stereocenters. The number of ether oxygens (including phenoxy) is 4. The second-order valence-electron chi connectivity index (χ2n) is 9.63. The van der Waals surface area contributed by atoms with Crippen molar-refractivity contribution >= 4 is 5.78 Å². The Kier molecular flexibility index (Phi) is 26.7. The summed E-state index contributed by atoms with van der Waals surface area (Å²) in [5.74, 6) is 1.30. The maximum absolute atomic E-state index is 12.5. The number of carbonyl (C=O) groups is 1. The maximum atomic E-state index is 12.5. The van der Waals surface area contributed by atoms with E-state index in [2.05, 4.69) is 27.7 Å². The van der Waals surface area contributed by atoms with E-state index in [9.17, 15) is 4.79 Å². The minimum atomic E-state index is 0.169. The Morgan fingerprint density at radius 3 is 1.59 bits per heavy atom. The Labute approximate surface area is 212 Å². The molecule has 0 aromatic heterocycles. The first-order chi connectivity index (χ1) is 16.7. The van der Waals surface area contributed by atoms with E-state index in [1.165, 1.54) is 51.4 Å². The van der Waals surface area contributed by atoms with Crippen molar-refractivity contribution in [2.45, 2.75) is 118 Å². The lowest BCUT2D eigenvalue weighted by Crippen LogP contribution is -2.21. The standard InChI is InChI=1S/C29H58O5/c1-5-9-11-12-18-28(17-10-6-2)29(30)26-34-25-24-33-23-22-32-21-20-31-19-13-16-27(14-7-3)15-8-4/h27-28H,5-26H2,1-4H3. The van der Waals surface area contributed by atoms with Crippen molar-refractivity contribution in [2.24, 2.45) is 11.8 Å². The van der Waals surface area contributed by atoms with Crippen LogP contribution in [0.4, 0.5) is 0 Å². The number of Topliss-reactive ketones (excluding diaryl/α,β-unsaturated/α-hetero) is 1. The molecule has 0 radical (unpaired) electrons. The smallest absolute Gasteiger partial charge is 0.161 e. The van der Waals surface area contributed by atoms with Gasteiger partial charge in [0.05, 0.1) is 39.6 Å². The van der Waals surface area contributed by atoms with Crippen LogP contribution in [-0.2, 0) is 23.7 Å². The minimum absolute atomic E-state index is 0.169. The first kappa shape index (κ1) is 33.5. The molecule has 0 heterocycles. The second-order valence-corrected chi connectivity index (χ2v) is 9.63. The molecule has 0 amide bonds. The summed E-state index contributed by atoms with van der Waals surface area (Å²) >= 11 is 0. The Bertz CT molecular complexity index is 409. The van der Waals surface area contributed by atoms with Crippen molar-refractivity contribution < 1.29 is 23.7 Å². The molecule has 0 rings (SSSR count). The molecule has 1 atom stereocenters. The summed E-state index contributed by atoms with van der Waals surface area (Å²) in [5, 5.41) is 0. The lowest BCUT2D eigenvalue weighted by molar-refractivity contribution is -0.128. The number of hydrogen-bond acceptors (Lipinski definition) is 5. The number of ketones is 1. The SMILES string of the molecule is CCCCCCC(CCCC)C(=O)COCCOCCOCCOCCCC(CCC)CCC. The summed E-state index contributed by atoms with van der Waals surface area (Å²) in [6, 6.07) is 0. The van der Waals surface area contributed by atoms with Crippen molar-refractivity contribution in [2.75, 3.05) is 52.9 Å². The molecule has 0 aromatic rings. The van der Waals surface area contributed by atoms with Gasteiger partial charge in [-0.15, -0.1) is 0 Å². The number of rotatable bonds is 28. The van der Waals surface area contributed by atoms with E-state index in [1.54, 1.807) is 0 Å². The first-order valence-corrected chi connectivity index (χ1v) is 14.5. The molecule has 0 aliphatic carbocycles. The molecule has 0 saturated carbocycles. The Morgan fingerprint density at radius 1 is 0.500 bits per heavy atom. The molecular weight excluding hydrogens is 428 g/mol. The van der Waals surface area contributed by atoms with Gasteiger partial charge in [-0.25, -0.2) is 0 Å². The van der Waals surface area contributed by atoms with Crippen LogP contribution in [0.1, 0.15) is 118 Å². The molecule has 0 fully saturated rings. The summed E-state index contributed by atoms with van der Waals surface area (Å²) in [7, 11) is 0. The molecule has 0 aromatic carbocycles. The largest absolute Gasteiger partial charge is 0.379 e. The maximum Gasteiger partial charge on any atom is 0.161 e. The highest BCUT2D eigenvalue weighted by Gasteiger charge is 2.17. The number of carbonyl (C=O) groups excluding carboxylic acids is 1. The van der Waals surface area contributed by atoms with Gasteiger partial charge < -0.3 is 18.9 Å². The Balaban J connectivity index is 3.56. The normalized spacial score (nSPS) is 12.5. The predicted molar refractivity (Wildman–Crippen MR) is 143 cm³/mol. The molecule has 0 saturated heterocycles. The summed E-state index contributed by atoms with van der Waals surface area (Å²) in [6.07, 6.45) is 16.8. The van der Waals surface area contributed by atoms with Gasteiger partial charge in [-0.3, -0.25) is 4.79 Å². The van der Waals surface area contributed by atoms with Crippen LogP contribution >= 0.6 is 0 Å². The fourth-order valence-corrected chi connectivity index (χ4v) is 4.41. The summed E-state index contributed by atoms with van der Waals surface area (Å²) in [4.78, 5) is 12.5. The molecule has 0 N–H and O–H groups in total. The molecule has 5 heteroatoms. The van der Waals surface area contributed by atoms with Crippen LogP contribution in [0.5, 0.6) is 0 Å². The van der Waals surface area contributed by atoms with Gasteiger partial charge in [0.2, 0.25) is 0 Å². The third kappa shape index (κ3) is 22.0. The number of hydrogen-bond donors (Lipinski definition) is 0. The van der Waals surface area contributed by atoms with E-state index >= 15 is 0 Å².